The molecule has 10 nitrogen and oxygen atoms in total. The van der Waals surface area contributed by atoms with Gasteiger partial charge in [0.05, 0.1) is 4.92 Å². The van der Waals surface area contributed by atoms with Gasteiger partial charge in [-0.15, -0.1) is 0 Å². The lowest BCUT2D eigenvalue weighted by molar-refractivity contribution is -0.384. The molecule has 1 aliphatic rings. The lowest BCUT2D eigenvalue weighted by Gasteiger charge is -2.34. The van der Waals surface area contributed by atoms with E-state index in [1.165, 1.54) is 6.92 Å². The van der Waals surface area contributed by atoms with E-state index in [-0.39, 0.29) is 23.4 Å². The molecule has 1 aliphatic heterocycles. The predicted octanol–water partition coefficient (Wildman–Crippen LogP) is -0.661. The van der Waals surface area contributed by atoms with E-state index in [9.17, 15) is 14.9 Å². The van der Waals surface area contributed by atoms with Crippen LogP contribution in [0.15, 0.2) is 6.20 Å². The summed E-state index contributed by atoms with van der Waals surface area (Å²) in [6.45, 7) is 3.45. The van der Waals surface area contributed by atoms with Crippen molar-refractivity contribution in [1.82, 2.24) is 14.9 Å². The Morgan fingerprint density at radius 1 is 1.45 bits per heavy atom. The molecule has 0 spiro atoms. The molecular formula is C10H15N7O3. The summed E-state index contributed by atoms with van der Waals surface area (Å²) in [5.74, 6) is 5.53. The Bertz CT molecular complexity index is 528. The molecule has 108 valence electrons. The number of nitrogens with two attached hydrogens (primary N) is 1. The summed E-state index contributed by atoms with van der Waals surface area (Å²) in [6, 6.07) is 0. The van der Waals surface area contributed by atoms with Crippen LogP contribution in [0.2, 0.25) is 0 Å². The molecule has 0 bridgehead atoms. The maximum atomic E-state index is 11.3. The van der Waals surface area contributed by atoms with Gasteiger partial charge in [-0.05, 0) is 0 Å². The molecule has 0 radical (unpaired) electrons. The first kappa shape index (κ1) is 13.9. The van der Waals surface area contributed by atoms with Crippen LogP contribution in [0.3, 0.4) is 0 Å². The van der Waals surface area contributed by atoms with Crippen LogP contribution < -0.4 is 16.2 Å². The Balaban J connectivity index is 2.23. The van der Waals surface area contributed by atoms with E-state index in [0.29, 0.717) is 26.2 Å². The molecular weight excluding hydrogens is 266 g/mol. The second kappa shape index (κ2) is 5.65. The molecule has 0 atom stereocenters. The third-order valence-corrected chi connectivity index (χ3v) is 3.10. The Morgan fingerprint density at radius 3 is 2.60 bits per heavy atom. The lowest BCUT2D eigenvalue weighted by atomic mass is 10.3. The van der Waals surface area contributed by atoms with Crippen LogP contribution in [0.5, 0.6) is 0 Å². The summed E-state index contributed by atoms with van der Waals surface area (Å²) in [4.78, 5) is 33.0. The lowest BCUT2D eigenvalue weighted by Crippen LogP contribution is -2.48. The zero-order chi connectivity index (χ0) is 14.7. The fraction of sp³-hybridized carbons (Fsp3) is 0.500. The summed E-state index contributed by atoms with van der Waals surface area (Å²) >= 11 is 0. The minimum atomic E-state index is -0.535. The van der Waals surface area contributed by atoms with Gasteiger partial charge in [0.1, 0.15) is 6.20 Å². The number of hydrogen-bond acceptors (Lipinski definition) is 8. The van der Waals surface area contributed by atoms with E-state index < -0.39 is 4.92 Å². The monoisotopic (exact) mass is 281 g/mol. The van der Waals surface area contributed by atoms with E-state index in [0.717, 1.165) is 6.20 Å². The van der Waals surface area contributed by atoms with E-state index >= 15 is 0 Å². The van der Waals surface area contributed by atoms with Crippen molar-refractivity contribution in [2.24, 2.45) is 5.84 Å². The molecule has 1 saturated heterocycles. The number of nitro groups is 1. The van der Waals surface area contributed by atoms with Gasteiger partial charge in [0.15, 0.2) is 0 Å². The SMILES string of the molecule is CC(=O)N1CCN(c2nc(NN)ncc2[N+](=O)[O-])CC1. The van der Waals surface area contributed by atoms with Crippen LogP contribution >= 0.6 is 0 Å². The maximum absolute atomic E-state index is 11.3. The van der Waals surface area contributed by atoms with Crippen LogP contribution in [0.4, 0.5) is 17.5 Å². The van der Waals surface area contributed by atoms with Crippen LogP contribution in [-0.4, -0.2) is 51.9 Å². The van der Waals surface area contributed by atoms with Gasteiger partial charge >= 0.3 is 5.69 Å². The highest BCUT2D eigenvalue weighted by molar-refractivity contribution is 5.73. The first-order valence-corrected chi connectivity index (χ1v) is 6.01. The third-order valence-electron chi connectivity index (χ3n) is 3.10. The quantitative estimate of drug-likeness (QED) is 0.424. The average molecular weight is 281 g/mol. The number of nitrogens with zero attached hydrogens (tertiary/aromatic N) is 5. The van der Waals surface area contributed by atoms with Gasteiger partial charge in [-0.2, -0.15) is 4.98 Å². The smallest absolute Gasteiger partial charge is 0.329 e. The molecule has 20 heavy (non-hydrogen) atoms. The Labute approximate surface area is 114 Å². The Morgan fingerprint density at radius 2 is 2.10 bits per heavy atom. The molecule has 1 fully saturated rings. The third kappa shape index (κ3) is 2.74. The number of nitrogen functional groups attached to an aromatic ring is 1. The van der Waals surface area contributed by atoms with Crippen molar-refractivity contribution in [2.45, 2.75) is 6.92 Å². The molecule has 1 amide bonds. The summed E-state index contributed by atoms with van der Waals surface area (Å²) in [6.07, 6.45) is 1.12. The van der Waals surface area contributed by atoms with Crippen molar-refractivity contribution in [3.63, 3.8) is 0 Å². The normalized spacial score (nSPS) is 15.1. The molecule has 10 heteroatoms. The molecule has 0 saturated carbocycles. The average Bonchev–Trinajstić information content (AvgIpc) is 2.46. The number of nitrogens with one attached hydrogen (secondary N) is 1. The molecule has 0 aromatic carbocycles. The highest BCUT2D eigenvalue weighted by Crippen LogP contribution is 2.26. The van der Waals surface area contributed by atoms with Crippen molar-refractivity contribution in [1.29, 1.82) is 0 Å². The molecule has 1 aromatic heterocycles. The zero-order valence-electron chi connectivity index (χ0n) is 10.9. The second-order valence-electron chi connectivity index (χ2n) is 4.30. The van der Waals surface area contributed by atoms with E-state index in [4.69, 9.17) is 5.84 Å². The minimum absolute atomic E-state index is 0.00819. The number of aromatic nitrogens is 2. The van der Waals surface area contributed by atoms with Gasteiger partial charge in [0.2, 0.25) is 17.7 Å². The molecule has 3 N–H and O–H groups in total. The first-order chi connectivity index (χ1) is 9.52. The number of anilines is 2. The van der Waals surface area contributed by atoms with Gasteiger partial charge < -0.3 is 9.80 Å². The summed E-state index contributed by atoms with van der Waals surface area (Å²) in [5.41, 5.74) is 2.08. The van der Waals surface area contributed by atoms with Crippen LogP contribution in [0, 0.1) is 10.1 Å². The summed E-state index contributed by atoms with van der Waals surface area (Å²) in [5, 5.41) is 11.0. The van der Waals surface area contributed by atoms with Crippen LogP contribution in [0.25, 0.3) is 0 Å². The fourth-order valence-corrected chi connectivity index (χ4v) is 2.03. The number of hydrogen-bond donors (Lipinski definition) is 2. The molecule has 1 aromatic rings. The van der Waals surface area contributed by atoms with Gasteiger partial charge in [-0.3, -0.25) is 20.3 Å². The zero-order valence-corrected chi connectivity index (χ0v) is 10.9. The van der Waals surface area contributed by atoms with E-state index in [1.807, 2.05) is 0 Å². The number of carbonyl (C=O) groups is 1. The van der Waals surface area contributed by atoms with Crippen LogP contribution in [0.1, 0.15) is 6.92 Å². The van der Waals surface area contributed by atoms with Crippen molar-refractivity contribution >= 4 is 23.4 Å². The number of amides is 1. The molecule has 0 aliphatic carbocycles. The van der Waals surface area contributed by atoms with Gasteiger partial charge in [-0.1, -0.05) is 0 Å². The first-order valence-electron chi connectivity index (χ1n) is 6.01. The molecule has 0 unspecified atom stereocenters. The van der Waals surface area contributed by atoms with Crippen molar-refractivity contribution < 1.29 is 9.72 Å². The van der Waals surface area contributed by atoms with Crippen molar-refractivity contribution in [2.75, 3.05) is 36.5 Å². The highest BCUT2D eigenvalue weighted by Gasteiger charge is 2.26. The van der Waals surface area contributed by atoms with Gasteiger partial charge in [-0.25, -0.2) is 10.8 Å². The topological polar surface area (TPSA) is 131 Å². The van der Waals surface area contributed by atoms with Crippen molar-refractivity contribution in [3.05, 3.63) is 16.3 Å². The number of carbonyl (C=O) groups excluding carboxylic acids is 1. The second-order valence-corrected chi connectivity index (χ2v) is 4.30. The number of rotatable bonds is 3. The van der Waals surface area contributed by atoms with Gasteiger partial charge in [0.25, 0.3) is 0 Å². The highest BCUT2D eigenvalue weighted by atomic mass is 16.6. The van der Waals surface area contributed by atoms with E-state index in [2.05, 4.69) is 15.4 Å². The summed E-state index contributed by atoms with van der Waals surface area (Å²) in [7, 11) is 0. The van der Waals surface area contributed by atoms with Crippen LogP contribution in [-0.2, 0) is 4.79 Å². The summed E-state index contributed by atoms with van der Waals surface area (Å²) < 4.78 is 0. The number of hydrazine groups is 1. The largest absolute Gasteiger partial charge is 0.347 e. The Hall–Kier alpha value is -2.49. The minimum Gasteiger partial charge on any atom is -0.347 e. The standard InChI is InChI=1S/C10H15N7O3/c1-7(18)15-2-4-16(5-3-15)9-8(17(19)20)6-12-10(13-9)14-11/h6H,2-5,11H2,1H3,(H,12,13,14). The molecule has 2 heterocycles. The number of piperazine rings is 1. The predicted molar refractivity (Wildman–Crippen MR) is 71.0 cm³/mol. The van der Waals surface area contributed by atoms with E-state index in [1.54, 1.807) is 9.80 Å². The van der Waals surface area contributed by atoms with Gasteiger partial charge in [0, 0.05) is 33.1 Å². The van der Waals surface area contributed by atoms with Crippen molar-refractivity contribution in [3.8, 4) is 0 Å². The maximum Gasteiger partial charge on any atom is 0.329 e. The fourth-order valence-electron chi connectivity index (χ4n) is 2.03. The molecule has 2 rings (SSSR count). The Kier molecular flexibility index (Phi) is 3.94.